The van der Waals surface area contributed by atoms with Gasteiger partial charge in [-0.1, -0.05) is 0 Å². The molecule has 18 heavy (non-hydrogen) atoms. The summed E-state index contributed by atoms with van der Waals surface area (Å²) in [6.45, 7) is 4.09. The van der Waals surface area contributed by atoms with Gasteiger partial charge in [0.15, 0.2) is 0 Å². The molecule has 1 aromatic heterocycles. The number of aromatic nitrogens is 1. The van der Waals surface area contributed by atoms with E-state index in [0.717, 1.165) is 30.9 Å². The van der Waals surface area contributed by atoms with Crippen LogP contribution in [0.1, 0.15) is 31.4 Å². The molecule has 0 aliphatic carbocycles. The van der Waals surface area contributed by atoms with Crippen molar-refractivity contribution in [3.8, 4) is 0 Å². The van der Waals surface area contributed by atoms with E-state index in [2.05, 4.69) is 15.6 Å². The summed E-state index contributed by atoms with van der Waals surface area (Å²) in [5, 5.41) is 6.27. The van der Waals surface area contributed by atoms with Crippen molar-refractivity contribution in [3.05, 3.63) is 24.0 Å². The average molecular weight is 247 g/mol. The molecule has 1 amide bonds. The quantitative estimate of drug-likeness (QED) is 0.856. The second-order valence-corrected chi connectivity index (χ2v) is 4.92. The Morgan fingerprint density at radius 2 is 2.28 bits per heavy atom. The van der Waals surface area contributed by atoms with Gasteiger partial charge in [0, 0.05) is 12.6 Å². The summed E-state index contributed by atoms with van der Waals surface area (Å²) in [5.74, 6) is 0.802. The van der Waals surface area contributed by atoms with Crippen LogP contribution in [0, 0.1) is 12.8 Å². The van der Waals surface area contributed by atoms with Gasteiger partial charge in [-0.25, -0.2) is 0 Å². The van der Waals surface area contributed by atoms with Gasteiger partial charge in [0.25, 0.3) is 0 Å². The van der Waals surface area contributed by atoms with Gasteiger partial charge in [-0.05, 0) is 57.3 Å². The van der Waals surface area contributed by atoms with Crippen LogP contribution in [0.15, 0.2) is 18.3 Å². The Morgan fingerprint density at radius 3 is 3.00 bits per heavy atom. The Bertz CT molecular complexity index is 400. The van der Waals surface area contributed by atoms with E-state index < -0.39 is 0 Å². The number of hydrogen-bond donors (Lipinski definition) is 2. The Morgan fingerprint density at radius 1 is 1.50 bits per heavy atom. The maximum atomic E-state index is 11.9. The Hall–Kier alpha value is -1.42. The molecule has 1 aliphatic rings. The van der Waals surface area contributed by atoms with Gasteiger partial charge >= 0.3 is 0 Å². The third kappa shape index (κ3) is 3.81. The molecule has 2 N–H and O–H groups in total. The summed E-state index contributed by atoms with van der Waals surface area (Å²) in [5.41, 5.74) is 1.69. The zero-order valence-electron chi connectivity index (χ0n) is 10.9. The van der Waals surface area contributed by atoms with E-state index in [0.29, 0.717) is 12.3 Å². The molecule has 0 unspecified atom stereocenters. The van der Waals surface area contributed by atoms with Gasteiger partial charge in [0.2, 0.25) is 5.91 Å². The van der Waals surface area contributed by atoms with Crippen molar-refractivity contribution < 1.29 is 4.79 Å². The first-order chi connectivity index (χ1) is 8.75. The standard InChI is InChI=1S/C14H21N3O/c1-11-13(3-2-8-16-11)17-14(18)5-4-12-6-9-15-10-7-12/h2-3,8,12,15H,4-7,9-10H2,1H3,(H,17,18). The van der Waals surface area contributed by atoms with Crippen LogP contribution in [-0.2, 0) is 4.79 Å². The van der Waals surface area contributed by atoms with Crippen molar-refractivity contribution >= 4 is 11.6 Å². The Kier molecular flexibility index (Phi) is 4.70. The minimum atomic E-state index is 0.102. The van der Waals surface area contributed by atoms with Crippen LogP contribution in [-0.4, -0.2) is 24.0 Å². The van der Waals surface area contributed by atoms with Crippen molar-refractivity contribution in [1.82, 2.24) is 10.3 Å². The minimum Gasteiger partial charge on any atom is -0.325 e. The lowest BCUT2D eigenvalue weighted by molar-refractivity contribution is -0.116. The van der Waals surface area contributed by atoms with Crippen LogP contribution < -0.4 is 10.6 Å². The van der Waals surface area contributed by atoms with E-state index in [4.69, 9.17) is 0 Å². The van der Waals surface area contributed by atoms with E-state index in [-0.39, 0.29) is 5.91 Å². The first kappa shape index (κ1) is 13.0. The summed E-state index contributed by atoms with van der Waals surface area (Å²) in [4.78, 5) is 16.0. The minimum absolute atomic E-state index is 0.102. The molecule has 4 heteroatoms. The van der Waals surface area contributed by atoms with Crippen molar-refractivity contribution in [2.24, 2.45) is 5.92 Å². The molecular formula is C14H21N3O. The van der Waals surface area contributed by atoms with Crippen LogP contribution >= 0.6 is 0 Å². The highest BCUT2D eigenvalue weighted by Gasteiger charge is 2.14. The lowest BCUT2D eigenvalue weighted by atomic mass is 9.93. The SMILES string of the molecule is Cc1ncccc1NC(=O)CCC1CCNCC1. The number of pyridine rings is 1. The molecule has 0 saturated carbocycles. The first-order valence-corrected chi connectivity index (χ1v) is 6.68. The number of rotatable bonds is 4. The van der Waals surface area contributed by atoms with Crippen molar-refractivity contribution in [1.29, 1.82) is 0 Å². The highest BCUT2D eigenvalue weighted by molar-refractivity contribution is 5.91. The predicted octanol–water partition coefficient (Wildman–Crippen LogP) is 2.11. The lowest BCUT2D eigenvalue weighted by Gasteiger charge is -2.22. The van der Waals surface area contributed by atoms with Crippen molar-refractivity contribution in [2.75, 3.05) is 18.4 Å². The fourth-order valence-corrected chi connectivity index (χ4v) is 2.33. The fraction of sp³-hybridized carbons (Fsp3) is 0.571. The Balaban J connectivity index is 1.76. The van der Waals surface area contributed by atoms with Crippen molar-refractivity contribution in [3.63, 3.8) is 0 Å². The number of hydrogen-bond acceptors (Lipinski definition) is 3. The highest BCUT2D eigenvalue weighted by atomic mass is 16.1. The molecule has 98 valence electrons. The molecule has 0 aromatic carbocycles. The molecule has 1 fully saturated rings. The summed E-state index contributed by atoms with van der Waals surface area (Å²) in [6.07, 6.45) is 5.73. The monoisotopic (exact) mass is 247 g/mol. The average Bonchev–Trinajstić information content (AvgIpc) is 2.40. The van der Waals surface area contributed by atoms with Crippen LogP contribution in [0.3, 0.4) is 0 Å². The maximum absolute atomic E-state index is 11.9. The summed E-state index contributed by atoms with van der Waals surface area (Å²) >= 11 is 0. The summed E-state index contributed by atoms with van der Waals surface area (Å²) in [7, 11) is 0. The zero-order chi connectivity index (χ0) is 12.8. The maximum Gasteiger partial charge on any atom is 0.224 e. The summed E-state index contributed by atoms with van der Waals surface area (Å²) in [6, 6.07) is 3.74. The van der Waals surface area contributed by atoms with Crippen LogP contribution in [0.5, 0.6) is 0 Å². The molecule has 0 atom stereocenters. The first-order valence-electron chi connectivity index (χ1n) is 6.68. The number of aryl methyl sites for hydroxylation is 1. The topological polar surface area (TPSA) is 54.0 Å². The van der Waals surface area contributed by atoms with E-state index in [9.17, 15) is 4.79 Å². The molecule has 1 aliphatic heterocycles. The molecule has 0 bridgehead atoms. The molecule has 1 aromatic rings. The van der Waals surface area contributed by atoms with Gasteiger partial charge in [-0.2, -0.15) is 0 Å². The van der Waals surface area contributed by atoms with Gasteiger partial charge in [0.05, 0.1) is 11.4 Å². The lowest BCUT2D eigenvalue weighted by Crippen LogP contribution is -2.28. The van der Waals surface area contributed by atoms with Gasteiger partial charge in [-0.15, -0.1) is 0 Å². The van der Waals surface area contributed by atoms with Crippen molar-refractivity contribution in [2.45, 2.75) is 32.6 Å². The van der Waals surface area contributed by atoms with Crippen LogP contribution in [0.4, 0.5) is 5.69 Å². The molecule has 0 radical (unpaired) electrons. The number of carbonyl (C=O) groups excluding carboxylic acids is 1. The zero-order valence-corrected chi connectivity index (χ0v) is 10.9. The van der Waals surface area contributed by atoms with Crippen LogP contribution in [0.2, 0.25) is 0 Å². The Labute approximate surface area is 108 Å². The predicted molar refractivity (Wildman–Crippen MR) is 72.4 cm³/mol. The number of carbonyl (C=O) groups is 1. The molecule has 0 spiro atoms. The number of nitrogens with one attached hydrogen (secondary N) is 2. The molecule has 1 saturated heterocycles. The normalized spacial score (nSPS) is 16.5. The largest absolute Gasteiger partial charge is 0.325 e. The smallest absolute Gasteiger partial charge is 0.224 e. The third-order valence-corrected chi connectivity index (χ3v) is 3.52. The van der Waals surface area contributed by atoms with E-state index in [1.54, 1.807) is 6.20 Å². The van der Waals surface area contributed by atoms with Crippen LogP contribution in [0.25, 0.3) is 0 Å². The number of piperidine rings is 1. The van der Waals surface area contributed by atoms with E-state index in [1.165, 1.54) is 12.8 Å². The number of amides is 1. The van der Waals surface area contributed by atoms with Gasteiger partial charge in [0.1, 0.15) is 0 Å². The highest BCUT2D eigenvalue weighted by Crippen LogP contribution is 2.18. The molecule has 2 heterocycles. The number of nitrogens with zero attached hydrogens (tertiary/aromatic N) is 1. The van der Waals surface area contributed by atoms with Gasteiger partial charge in [-0.3, -0.25) is 9.78 Å². The van der Waals surface area contributed by atoms with E-state index >= 15 is 0 Å². The van der Waals surface area contributed by atoms with E-state index in [1.807, 2.05) is 19.1 Å². The second kappa shape index (κ2) is 6.50. The molecule has 2 rings (SSSR count). The third-order valence-electron chi connectivity index (χ3n) is 3.52. The summed E-state index contributed by atoms with van der Waals surface area (Å²) < 4.78 is 0. The molecular weight excluding hydrogens is 226 g/mol. The molecule has 4 nitrogen and oxygen atoms in total. The number of anilines is 1. The second-order valence-electron chi connectivity index (χ2n) is 4.92. The van der Waals surface area contributed by atoms with Gasteiger partial charge < -0.3 is 10.6 Å². The fourth-order valence-electron chi connectivity index (χ4n) is 2.33.